The fourth-order valence-corrected chi connectivity index (χ4v) is 10.4. The summed E-state index contributed by atoms with van der Waals surface area (Å²) in [6.07, 6.45) is 8.50. The molecule has 0 aromatic heterocycles. The predicted octanol–water partition coefficient (Wildman–Crippen LogP) is 5.68. The Morgan fingerprint density at radius 2 is 1.67 bits per heavy atom. The molecule has 8 nitrogen and oxygen atoms in total. The molecule has 0 spiro atoms. The Balaban J connectivity index is 1.39. The second-order valence-electron chi connectivity index (χ2n) is 15.2. The summed E-state index contributed by atoms with van der Waals surface area (Å²) in [4.78, 5) is 37.5. The van der Waals surface area contributed by atoms with Gasteiger partial charge in [0.2, 0.25) is 0 Å². The average Bonchev–Trinajstić information content (AvgIpc) is 3.27. The van der Waals surface area contributed by atoms with Crippen molar-refractivity contribution in [3.63, 3.8) is 0 Å². The van der Waals surface area contributed by atoms with Gasteiger partial charge in [0.1, 0.15) is 17.8 Å². The molecule has 12 unspecified atom stereocenters. The van der Waals surface area contributed by atoms with Gasteiger partial charge in [-0.3, -0.25) is 14.4 Å². The van der Waals surface area contributed by atoms with Crippen LogP contribution in [-0.4, -0.2) is 53.2 Å². The molecule has 0 N–H and O–H groups in total. The molecule has 6 rings (SSSR count). The standard InChI is InChI=1S/C34H48O8/c1-18(27-17-32(7)30(4,5)41-34(9,40-27)42-32)23-10-11-24-29-25(16-28(33(23,24)8)39-20(3)36)31(6)13-12-22(37)14-21(31)15-26(29)38-19(2)35/h12-14,18,23-29H,10-11,15-17H2,1-9H3. The van der Waals surface area contributed by atoms with Crippen LogP contribution in [0.25, 0.3) is 0 Å². The fraction of sp³-hybridized carbons (Fsp3) is 0.794. The van der Waals surface area contributed by atoms with E-state index in [1.807, 2.05) is 13.0 Å². The van der Waals surface area contributed by atoms with Crippen LogP contribution in [0.5, 0.6) is 0 Å². The highest BCUT2D eigenvalue weighted by Gasteiger charge is 2.69. The van der Waals surface area contributed by atoms with E-state index in [-0.39, 0.29) is 76.5 Å². The van der Waals surface area contributed by atoms with Gasteiger partial charge in [-0.25, -0.2) is 0 Å². The molecule has 4 aliphatic carbocycles. The molecule has 12 atom stereocenters. The van der Waals surface area contributed by atoms with E-state index in [1.54, 1.807) is 12.2 Å². The Hall–Kier alpha value is -2.03. The Kier molecular flexibility index (Phi) is 6.78. The summed E-state index contributed by atoms with van der Waals surface area (Å²) in [7, 11) is 0. The highest BCUT2D eigenvalue weighted by molar-refractivity contribution is 6.01. The maximum Gasteiger partial charge on any atom is 0.302 e. The molecule has 3 saturated carbocycles. The normalized spacial score (nSPS) is 49.3. The third kappa shape index (κ3) is 4.29. The zero-order valence-corrected chi connectivity index (χ0v) is 26.7. The van der Waals surface area contributed by atoms with Crippen molar-refractivity contribution in [1.29, 1.82) is 0 Å². The third-order valence-electron chi connectivity index (χ3n) is 12.6. The maximum atomic E-state index is 12.6. The zero-order chi connectivity index (χ0) is 30.6. The van der Waals surface area contributed by atoms with Gasteiger partial charge >= 0.3 is 11.9 Å². The van der Waals surface area contributed by atoms with Crippen molar-refractivity contribution in [1.82, 2.24) is 0 Å². The molecule has 2 aliphatic heterocycles. The molecular formula is C34H48O8. The van der Waals surface area contributed by atoms with Crippen LogP contribution in [0, 0.1) is 40.4 Å². The number of ketones is 1. The van der Waals surface area contributed by atoms with Crippen molar-refractivity contribution in [3.05, 3.63) is 23.8 Å². The van der Waals surface area contributed by atoms with Crippen LogP contribution in [0.4, 0.5) is 0 Å². The molecule has 232 valence electrons. The lowest BCUT2D eigenvalue weighted by Crippen LogP contribution is -2.62. The quantitative estimate of drug-likeness (QED) is 0.390. The van der Waals surface area contributed by atoms with E-state index in [0.29, 0.717) is 19.3 Å². The number of carbonyl (C=O) groups is 3. The monoisotopic (exact) mass is 584 g/mol. The van der Waals surface area contributed by atoms with Gasteiger partial charge in [0.25, 0.3) is 5.97 Å². The van der Waals surface area contributed by atoms with Crippen molar-refractivity contribution >= 4 is 17.7 Å². The number of ether oxygens (including phenoxy) is 5. The first-order valence-electron chi connectivity index (χ1n) is 15.8. The average molecular weight is 585 g/mol. The minimum atomic E-state index is -1.10. The molecule has 0 aromatic rings. The van der Waals surface area contributed by atoms with Gasteiger partial charge in [0.15, 0.2) is 5.78 Å². The molecule has 5 fully saturated rings. The van der Waals surface area contributed by atoms with Crippen LogP contribution in [0.3, 0.4) is 0 Å². The van der Waals surface area contributed by atoms with Crippen molar-refractivity contribution in [2.75, 3.05) is 0 Å². The Morgan fingerprint density at radius 3 is 2.31 bits per heavy atom. The van der Waals surface area contributed by atoms with Crippen LogP contribution in [0.1, 0.15) is 94.4 Å². The van der Waals surface area contributed by atoms with Gasteiger partial charge in [0.05, 0.1) is 11.7 Å². The molecule has 0 radical (unpaired) electrons. The second-order valence-corrected chi connectivity index (χ2v) is 15.2. The van der Waals surface area contributed by atoms with Gasteiger partial charge < -0.3 is 23.7 Å². The molecule has 0 aromatic carbocycles. The first kappa shape index (κ1) is 30.0. The summed E-state index contributed by atoms with van der Waals surface area (Å²) >= 11 is 0. The van der Waals surface area contributed by atoms with Crippen LogP contribution in [-0.2, 0) is 38.1 Å². The largest absolute Gasteiger partial charge is 0.462 e. The summed E-state index contributed by atoms with van der Waals surface area (Å²) in [6.45, 7) is 17.8. The second kappa shape index (κ2) is 9.48. The van der Waals surface area contributed by atoms with Gasteiger partial charge in [-0.1, -0.05) is 32.4 Å². The van der Waals surface area contributed by atoms with Crippen molar-refractivity contribution in [2.45, 2.75) is 130 Å². The van der Waals surface area contributed by atoms with Crippen LogP contribution >= 0.6 is 0 Å². The van der Waals surface area contributed by atoms with E-state index in [4.69, 9.17) is 23.7 Å². The number of esters is 2. The molecule has 2 saturated heterocycles. The lowest BCUT2D eigenvalue weighted by molar-refractivity contribution is -0.385. The van der Waals surface area contributed by atoms with Gasteiger partial charge in [0, 0.05) is 50.4 Å². The van der Waals surface area contributed by atoms with Gasteiger partial charge in [-0.15, -0.1) is 0 Å². The Bertz CT molecular complexity index is 1250. The molecule has 0 amide bonds. The molecule has 6 aliphatic rings. The Labute approximate surface area is 249 Å². The maximum absolute atomic E-state index is 12.6. The van der Waals surface area contributed by atoms with E-state index >= 15 is 0 Å². The van der Waals surface area contributed by atoms with Crippen molar-refractivity contribution in [2.24, 2.45) is 40.4 Å². The third-order valence-corrected chi connectivity index (χ3v) is 12.6. The topological polar surface area (TPSA) is 97.4 Å². The van der Waals surface area contributed by atoms with Crippen LogP contribution in [0.15, 0.2) is 23.8 Å². The summed E-state index contributed by atoms with van der Waals surface area (Å²) in [5, 5.41) is 0. The lowest BCUT2D eigenvalue weighted by Gasteiger charge is -2.61. The van der Waals surface area contributed by atoms with Gasteiger partial charge in [-0.05, 0) is 75.9 Å². The van der Waals surface area contributed by atoms with E-state index < -0.39 is 17.2 Å². The van der Waals surface area contributed by atoms with Crippen molar-refractivity contribution in [3.8, 4) is 0 Å². The number of allylic oxidation sites excluding steroid dienone is 3. The molecule has 8 heteroatoms. The summed E-state index contributed by atoms with van der Waals surface area (Å²) in [6, 6.07) is 0. The summed E-state index contributed by atoms with van der Waals surface area (Å²) < 4.78 is 31.6. The number of hydrogen-bond acceptors (Lipinski definition) is 8. The fourth-order valence-electron chi connectivity index (χ4n) is 10.4. The minimum absolute atomic E-state index is 0.0329. The SMILES string of the molecule is CC(=O)OC1CC2=CC(=O)C=CC2(C)C2CC(OC(C)=O)C3(C)C(C(C)C4CC5(C)OC(C)(O4)OC5(C)C)CCC3C12. The zero-order valence-electron chi connectivity index (χ0n) is 26.7. The lowest BCUT2D eigenvalue weighted by atomic mass is 9.45. The summed E-state index contributed by atoms with van der Waals surface area (Å²) in [5.74, 6) is -1.07. The van der Waals surface area contributed by atoms with Crippen molar-refractivity contribution < 1.29 is 38.1 Å². The number of carbonyl (C=O) groups excluding carboxylic acids is 3. The highest BCUT2D eigenvalue weighted by atomic mass is 16.9. The smallest absolute Gasteiger partial charge is 0.302 e. The molecule has 2 heterocycles. The molecular weight excluding hydrogens is 536 g/mol. The minimum Gasteiger partial charge on any atom is -0.462 e. The predicted molar refractivity (Wildman–Crippen MR) is 154 cm³/mol. The molecule has 2 bridgehead atoms. The first-order chi connectivity index (χ1) is 19.4. The molecule has 42 heavy (non-hydrogen) atoms. The van der Waals surface area contributed by atoms with Crippen LogP contribution in [0.2, 0.25) is 0 Å². The van der Waals surface area contributed by atoms with E-state index in [9.17, 15) is 14.4 Å². The Morgan fingerprint density at radius 1 is 0.976 bits per heavy atom. The van der Waals surface area contributed by atoms with Crippen LogP contribution < -0.4 is 0 Å². The number of fused-ring (bicyclic) bond motifs is 7. The van der Waals surface area contributed by atoms with E-state index in [1.165, 1.54) is 13.8 Å². The van der Waals surface area contributed by atoms with Gasteiger partial charge in [-0.2, -0.15) is 0 Å². The highest BCUT2D eigenvalue weighted by Crippen LogP contribution is 2.68. The first-order valence-corrected chi connectivity index (χ1v) is 15.8. The number of rotatable bonds is 4. The summed E-state index contributed by atoms with van der Waals surface area (Å²) in [5.41, 5.74) is -0.698. The number of hydrogen-bond donors (Lipinski definition) is 0. The van der Waals surface area contributed by atoms with E-state index in [2.05, 4.69) is 41.5 Å². The van der Waals surface area contributed by atoms with E-state index in [0.717, 1.165) is 18.4 Å².